The molecule has 1 unspecified atom stereocenters. The van der Waals surface area contributed by atoms with Crippen LogP contribution in [-0.4, -0.2) is 47.1 Å². The number of carbonyl (C=O) groups is 1. The van der Waals surface area contributed by atoms with E-state index in [1.54, 1.807) is 12.4 Å². The minimum atomic E-state index is -0.885. The summed E-state index contributed by atoms with van der Waals surface area (Å²) in [6.45, 7) is 2.44. The molecule has 2 aromatic rings. The fraction of sp³-hybridized carbons (Fsp3) is 0.417. The predicted octanol–water partition coefficient (Wildman–Crippen LogP) is 1.38. The molecule has 0 bridgehead atoms. The molecule has 8 heteroatoms. The molecule has 2 heterocycles. The number of hydrogen-bond acceptors (Lipinski definition) is 5. The van der Waals surface area contributed by atoms with Gasteiger partial charge >= 0.3 is 5.97 Å². The standard InChI is InChI=1S/C12H15N3O3S2/c1-2-20(18)6-5-15-10-3-4-13-7-9(10)14-12(15)19-8-11(16)17/h3-4,7H,2,5-6,8H2,1H3,(H,16,17). The normalized spacial score (nSPS) is 12.7. The lowest BCUT2D eigenvalue weighted by molar-refractivity contribution is -0.133. The first-order valence-corrected chi connectivity index (χ1v) is 8.59. The average molecular weight is 313 g/mol. The molecule has 1 atom stereocenters. The third-order valence-corrected chi connectivity index (χ3v) is 4.95. The van der Waals surface area contributed by atoms with Crippen LogP contribution in [0.15, 0.2) is 23.6 Å². The van der Waals surface area contributed by atoms with E-state index in [-0.39, 0.29) is 5.75 Å². The van der Waals surface area contributed by atoms with E-state index in [4.69, 9.17) is 5.11 Å². The average Bonchev–Trinajstić information content (AvgIpc) is 2.80. The van der Waals surface area contributed by atoms with Crippen LogP contribution in [0.4, 0.5) is 0 Å². The van der Waals surface area contributed by atoms with E-state index < -0.39 is 16.8 Å². The summed E-state index contributed by atoms with van der Waals surface area (Å²) in [5.41, 5.74) is 1.61. The summed E-state index contributed by atoms with van der Waals surface area (Å²) in [5.74, 6) is 0.216. The number of aliphatic carboxylic acids is 1. The molecule has 0 aliphatic rings. The Labute approximate surface area is 123 Å². The van der Waals surface area contributed by atoms with Crippen molar-refractivity contribution in [2.75, 3.05) is 17.3 Å². The largest absolute Gasteiger partial charge is 0.481 e. The van der Waals surface area contributed by atoms with Gasteiger partial charge in [-0.15, -0.1) is 0 Å². The number of carboxylic acid groups (broad SMARTS) is 1. The summed E-state index contributed by atoms with van der Waals surface area (Å²) in [5, 5.41) is 9.41. The van der Waals surface area contributed by atoms with Gasteiger partial charge in [-0.25, -0.2) is 4.98 Å². The topological polar surface area (TPSA) is 85.1 Å². The monoisotopic (exact) mass is 313 g/mol. The van der Waals surface area contributed by atoms with E-state index in [1.807, 2.05) is 17.6 Å². The van der Waals surface area contributed by atoms with Crippen molar-refractivity contribution in [3.63, 3.8) is 0 Å². The Morgan fingerprint density at radius 2 is 2.35 bits per heavy atom. The van der Waals surface area contributed by atoms with Gasteiger partial charge in [-0.3, -0.25) is 14.0 Å². The minimum absolute atomic E-state index is 0.0480. The van der Waals surface area contributed by atoms with E-state index in [0.717, 1.165) is 11.0 Å². The Bertz CT molecular complexity index is 642. The van der Waals surface area contributed by atoms with Gasteiger partial charge < -0.3 is 9.67 Å². The van der Waals surface area contributed by atoms with Gasteiger partial charge in [-0.2, -0.15) is 0 Å². The smallest absolute Gasteiger partial charge is 0.313 e. The van der Waals surface area contributed by atoms with Crippen molar-refractivity contribution in [3.05, 3.63) is 18.5 Å². The van der Waals surface area contributed by atoms with E-state index >= 15 is 0 Å². The first kappa shape index (κ1) is 15.0. The molecule has 1 N–H and O–H groups in total. The lowest BCUT2D eigenvalue weighted by Crippen LogP contribution is -2.10. The van der Waals surface area contributed by atoms with Crippen LogP contribution in [0, 0.1) is 0 Å². The van der Waals surface area contributed by atoms with Gasteiger partial charge in [0, 0.05) is 35.0 Å². The van der Waals surface area contributed by atoms with Crippen molar-refractivity contribution >= 4 is 39.6 Å². The number of imidazole rings is 1. The molecule has 0 spiro atoms. The highest BCUT2D eigenvalue weighted by Gasteiger charge is 2.13. The maximum atomic E-state index is 11.6. The second kappa shape index (κ2) is 6.85. The summed E-state index contributed by atoms with van der Waals surface area (Å²) in [7, 11) is -0.865. The maximum absolute atomic E-state index is 11.6. The van der Waals surface area contributed by atoms with Gasteiger partial charge in [-0.1, -0.05) is 18.7 Å². The molecule has 0 fully saturated rings. The van der Waals surface area contributed by atoms with Crippen molar-refractivity contribution in [3.8, 4) is 0 Å². The van der Waals surface area contributed by atoms with Crippen molar-refractivity contribution in [1.29, 1.82) is 0 Å². The number of hydrogen-bond donors (Lipinski definition) is 1. The van der Waals surface area contributed by atoms with Gasteiger partial charge in [-0.05, 0) is 6.07 Å². The first-order valence-electron chi connectivity index (χ1n) is 6.11. The third-order valence-electron chi connectivity index (χ3n) is 2.70. The Morgan fingerprint density at radius 1 is 1.55 bits per heavy atom. The maximum Gasteiger partial charge on any atom is 0.313 e. The number of nitrogens with zero attached hydrogens (tertiary/aromatic N) is 3. The molecule has 0 aliphatic heterocycles. The SMILES string of the molecule is CCS(=O)CCn1c(SCC(=O)O)nc2cnccc21. The van der Waals surface area contributed by atoms with Gasteiger partial charge in [0.15, 0.2) is 5.16 Å². The molecule has 0 saturated heterocycles. The zero-order valence-corrected chi connectivity index (χ0v) is 12.6. The molecule has 0 aliphatic carbocycles. The van der Waals surface area contributed by atoms with Gasteiger partial charge in [0.25, 0.3) is 0 Å². The fourth-order valence-electron chi connectivity index (χ4n) is 1.75. The number of rotatable bonds is 7. The second-order valence-electron chi connectivity index (χ2n) is 4.03. The summed E-state index contributed by atoms with van der Waals surface area (Å²) in [4.78, 5) is 19.1. The molecule has 2 rings (SSSR count). The van der Waals surface area contributed by atoms with Crippen molar-refractivity contribution in [2.24, 2.45) is 0 Å². The van der Waals surface area contributed by atoms with E-state index in [2.05, 4.69) is 9.97 Å². The lowest BCUT2D eigenvalue weighted by Gasteiger charge is -2.07. The molecular formula is C12H15N3O3S2. The van der Waals surface area contributed by atoms with Crippen LogP contribution in [0.25, 0.3) is 11.0 Å². The Hall–Kier alpha value is -1.41. The van der Waals surface area contributed by atoms with E-state index in [1.165, 1.54) is 11.8 Å². The second-order valence-corrected chi connectivity index (χ2v) is 6.83. The van der Waals surface area contributed by atoms with E-state index in [0.29, 0.717) is 23.2 Å². The van der Waals surface area contributed by atoms with E-state index in [9.17, 15) is 9.00 Å². The number of carboxylic acids is 1. The summed E-state index contributed by atoms with van der Waals surface area (Å²) < 4.78 is 13.5. The number of pyridine rings is 1. The van der Waals surface area contributed by atoms with Crippen LogP contribution in [-0.2, 0) is 22.1 Å². The highest BCUT2D eigenvalue weighted by atomic mass is 32.2. The summed E-state index contributed by atoms with van der Waals surface area (Å²) in [6.07, 6.45) is 3.32. The predicted molar refractivity (Wildman–Crippen MR) is 79.4 cm³/mol. The van der Waals surface area contributed by atoms with Crippen LogP contribution in [0.1, 0.15) is 6.92 Å². The molecule has 6 nitrogen and oxygen atoms in total. The number of thioether (sulfide) groups is 1. The lowest BCUT2D eigenvalue weighted by atomic mass is 10.4. The highest BCUT2D eigenvalue weighted by Crippen LogP contribution is 2.23. The molecule has 2 aromatic heterocycles. The van der Waals surface area contributed by atoms with Gasteiger partial charge in [0.1, 0.15) is 5.52 Å². The third kappa shape index (κ3) is 3.57. The Kier molecular flexibility index (Phi) is 5.13. The molecule has 20 heavy (non-hydrogen) atoms. The Balaban J connectivity index is 2.29. The van der Waals surface area contributed by atoms with Crippen molar-refractivity contribution in [2.45, 2.75) is 18.6 Å². The molecule has 0 radical (unpaired) electrons. The quantitative estimate of drug-likeness (QED) is 0.777. The zero-order chi connectivity index (χ0) is 14.5. The van der Waals surface area contributed by atoms with Crippen LogP contribution >= 0.6 is 11.8 Å². The van der Waals surface area contributed by atoms with Crippen molar-refractivity contribution in [1.82, 2.24) is 14.5 Å². The molecule has 0 saturated carbocycles. The van der Waals surface area contributed by atoms with Gasteiger partial charge in [0.2, 0.25) is 0 Å². The number of aromatic nitrogens is 3. The summed E-state index contributed by atoms with van der Waals surface area (Å²) >= 11 is 1.17. The van der Waals surface area contributed by atoms with Crippen LogP contribution in [0.5, 0.6) is 0 Å². The molecule has 0 aromatic carbocycles. The fourth-order valence-corrected chi connectivity index (χ4v) is 3.19. The molecule has 108 valence electrons. The summed E-state index contributed by atoms with van der Waals surface area (Å²) in [6, 6.07) is 1.84. The Morgan fingerprint density at radius 3 is 3.05 bits per heavy atom. The van der Waals surface area contributed by atoms with Crippen LogP contribution < -0.4 is 0 Å². The highest BCUT2D eigenvalue weighted by molar-refractivity contribution is 7.99. The van der Waals surface area contributed by atoms with Crippen molar-refractivity contribution < 1.29 is 14.1 Å². The zero-order valence-electron chi connectivity index (χ0n) is 11.0. The van der Waals surface area contributed by atoms with Gasteiger partial charge in [0.05, 0.1) is 17.5 Å². The van der Waals surface area contributed by atoms with Crippen LogP contribution in [0.2, 0.25) is 0 Å². The molecule has 0 amide bonds. The minimum Gasteiger partial charge on any atom is -0.481 e. The number of aryl methyl sites for hydroxylation is 1. The number of fused-ring (bicyclic) bond motifs is 1. The molecular weight excluding hydrogens is 298 g/mol. The van der Waals surface area contributed by atoms with Crippen LogP contribution in [0.3, 0.4) is 0 Å². The first-order chi connectivity index (χ1) is 9.61.